The van der Waals surface area contributed by atoms with Crippen molar-refractivity contribution < 1.29 is 28.1 Å². The van der Waals surface area contributed by atoms with Gasteiger partial charge in [0.15, 0.2) is 0 Å². The van der Waals surface area contributed by atoms with Crippen molar-refractivity contribution in [3.8, 4) is 22.6 Å². The van der Waals surface area contributed by atoms with Gasteiger partial charge < -0.3 is 20.3 Å². The number of phenols is 1. The van der Waals surface area contributed by atoms with Crippen LogP contribution in [0.2, 0.25) is 0 Å². The molecule has 192 valence electrons. The molecule has 1 fully saturated rings. The van der Waals surface area contributed by atoms with E-state index in [-0.39, 0.29) is 16.9 Å². The lowest BCUT2D eigenvalue weighted by molar-refractivity contribution is 0.222. The molecule has 4 aromatic rings. The Morgan fingerprint density at radius 3 is 2.38 bits per heavy atom. The van der Waals surface area contributed by atoms with E-state index in [0.29, 0.717) is 46.9 Å². The van der Waals surface area contributed by atoms with Crippen molar-refractivity contribution >= 4 is 10.8 Å². The van der Waals surface area contributed by atoms with Gasteiger partial charge in [0, 0.05) is 23.7 Å². The smallest absolute Gasteiger partial charge is 0.136 e. The van der Waals surface area contributed by atoms with E-state index >= 15 is 0 Å². The molecule has 1 aliphatic heterocycles. The SMILES string of the molecule is Oc1ccc2c(C(O)c3ccc(OCCC4CCCCN4)cc3)c(-c3c(F)cc(F)cc3F)ccc2c1. The number of hydrogen-bond donors (Lipinski definition) is 3. The molecule has 0 spiro atoms. The van der Waals surface area contributed by atoms with Crippen LogP contribution in [0.25, 0.3) is 21.9 Å². The molecule has 0 saturated carbocycles. The average molecular weight is 508 g/mol. The number of hydrogen-bond acceptors (Lipinski definition) is 4. The van der Waals surface area contributed by atoms with E-state index in [1.807, 2.05) is 0 Å². The molecule has 2 atom stereocenters. The highest BCUT2D eigenvalue weighted by Crippen LogP contribution is 2.40. The molecule has 3 N–H and O–H groups in total. The Kier molecular flexibility index (Phi) is 7.35. The zero-order valence-corrected chi connectivity index (χ0v) is 20.2. The fourth-order valence-corrected chi connectivity index (χ4v) is 5.06. The van der Waals surface area contributed by atoms with Gasteiger partial charge in [-0.05, 0) is 72.0 Å². The Bertz CT molecular complexity index is 1380. The van der Waals surface area contributed by atoms with Crippen molar-refractivity contribution in [2.24, 2.45) is 0 Å². The van der Waals surface area contributed by atoms with E-state index in [9.17, 15) is 23.4 Å². The minimum Gasteiger partial charge on any atom is -0.508 e. The van der Waals surface area contributed by atoms with Crippen LogP contribution in [0.1, 0.15) is 42.9 Å². The van der Waals surface area contributed by atoms with E-state index in [2.05, 4.69) is 5.32 Å². The van der Waals surface area contributed by atoms with Crippen molar-refractivity contribution in [1.29, 1.82) is 0 Å². The van der Waals surface area contributed by atoms with Crippen molar-refractivity contribution in [3.05, 3.63) is 95.3 Å². The van der Waals surface area contributed by atoms with Crippen LogP contribution in [-0.2, 0) is 0 Å². The number of piperidine rings is 1. The number of nitrogens with one attached hydrogen (secondary N) is 1. The quantitative estimate of drug-likeness (QED) is 0.263. The summed E-state index contributed by atoms with van der Waals surface area (Å²) in [6.45, 7) is 1.61. The molecule has 0 aromatic heterocycles. The van der Waals surface area contributed by atoms with Crippen molar-refractivity contribution in [1.82, 2.24) is 5.32 Å². The van der Waals surface area contributed by atoms with Gasteiger partial charge in [-0.15, -0.1) is 0 Å². The number of fused-ring (bicyclic) bond motifs is 1. The third-order valence-electron chi connectivity index (χ3n) is 6.94. The Morgan fingerprint density at radius 2 is 1.68 bits per heavy atom. The minimum atomic E-state index is -1.26. The third-order valence-corrected chi connectivity index (χ3v) is 6.94. The summed E-state index contributed by atoms with van der Waals surface area (Å²) in [5.74, 6) is -2.49. The van der Waals surface area contributed by atoms with E-state index in [4.69, 9.17) is 4.74 Å². The first-order valence-electron chi connectivity index (χ1n) is 12.5. The summed E-state index contributed by atoms with van der Waals surface area (Å²) in [6, 6.07) is 16.2. The predicted octanol–water partition coefficient (Wildman–Crippen LogP) is 6.62. The molecule has 37 heavy (non-hydrogen) atoms. The maximum atomic E-state index is 14.8. The second kappa shape index (κ2) is 10.8. The number of phenolic OH excluding ortho intramolecular Hbond substituents is 1. The topological polar surface area (TPSA) is 61.7 Å². The fraction of sp³-hybridized carbons (Fsp3) is 0.267. The summed E-state index contributed by atoms with van der Waals surface area (Å²) in [7, 11) is 0. The van der Waals surface area contributed by atoms with Gasteiger partial charge >= 0.3 is 0 Å². The standard InChI is InChI=1S/C30H28F3NO3/c31-20-16-26(32)29(27(33)17-20)25-10-6-19-15-22(35)7-11-24(19)28(25)30(36)18-4-8-23(9-5-18)37-14-12-21-3-1-2-13-34-21/h4-11,15-17,21,30,34-36H,1-3,12-14H2. The Morgan fingerprint density at radius 1 is 0.919 bits per heavy atom. The van der Waals surface area contributed by atoms with E-state index in [1.54, 1.807) is 36.4 Å². The molecular formula is C30H28F3NO3. The summed E-state index contributed by atoms with van der Waals surface area (Å²) in [6.07, 6.45) is 3.24. The summed E-state index contributed by atoms with van der Waals surface area (Å²) in [4.78, 5) is 0. The number of aliphatic hydroxyl groups is 1. The highest BCUT2D eigenvalue weighted by atomic mass is 19.1. The Labute approximate surface area is 213 Å². The molecule has 0 radical (unpaired) electrons. The molecule has 0 aliphatic carbocycles. The van der Waals surface area contributed by atoms with Crippen LogP contribution in [0.3, 0.4) is 0 Å². The zero-order valence-electron chi connectivity index (χ0n) is 20.2. The molecule has 4 aromatic carbocycles. The number of rotatable bonds is 7. The van der Waals surface area contributed by atoms with Gasteiger partial charge in [-0.3, -0.25) is 0 Å². The average Bonchev–Trinajstić information content (AvgIpc) is 2.88. The lowest BCUT2D eigenvalue weighted by Gasteiger charge is -2.23. The molecule has 2 unspecified atom stereocenters. The van der Waals surface area contributed by atoms with Crippen LogP contribution in [0, 0.1) is 17.5 Å². The first-order valence-corrected chi connectivity index (χ1v) is 12.5. The summed E-state index contributed by atoms with van der Waals surface area (Å²) >= 11 is 0. The highest BCUT2D eigenvalue weighted by Gasteiger charge is 2.24. The number of aromatic hydroxyl groups is 1. The van der Waals surface area contributed by atoms with E-state index < -0.39 is 29.1 Å². The summed E-state index contributed by atoms with van der Waals surface area (Å²) < 4.78 is 49.1. The van der Waals surface area contributed by atoms with Gasteiger partial charge in [0.1, 0.15) is 35.1 Å². The van der Waals surface area contributed by atoms with Gasteiger partial charge in [0.05, 0.1) is 12.2 Å². The molecule has 0 amide bonds. The van der Waals surface area contributed by atoms with Crippen molar-refractivity contribution in [3.63, 3.8) is 0 Å². The van der Waals surface area contributed by atoms with E-state index in [0.717, 1.165) is 19.4 Å². The molecule has 1 heterocycles. The van der Waals surface area contributed by atoms with Crippen LogP contribution in [0.4, 0.5) is 13.2 Å². The van der Waals surface area contributed by atoms with Crippen LogP contribution >= 0.6 is 0 Å². The van der Waals surface area contributed by atoms with Crippen LogP contribution in [-0.4, -0.2) is 29.4 Å². The summed E-state index contributed by atoms with van der Waals surface area (Å²) in [5.41, 5.74) is 0.410. The predicted molar refractivity (Wildman–Crippen MR) is 137 cm³/mol. The zero-order chi connectivity index (χ0) is 25.9. The maximum Gasteiger partial charge on any atom is 0.136 e. The van der Waals surface area contributed by atoms with Gasteiger partial charge in [-0.2, -0.15) is 0 Å². The molecular weight excluding hydrogens is 479 g/mol. The molecule has 5 rings (SSSR count). The maximum absolute atomic E-state index is 14.8. The van der Waals surface area contributed by atoms with Gasteiger partial charge in [-0.25, -0.2) is 13.2 Å². The first-order chi connectivity index (χ1) is 17.9. The van der Waals surface area contributed by atoms with Crippen molar-refractivity contribution in [2.45, 2.75) is 37.8 Å². The van der Waals surface area contributed by atoms with Crippen molar-refractivity contribution in [2.75, 3.05) is 13.2 Å². The van der Waals surface area contributed by atoms with Gasteiger partial charge in [0.2, 0.25) is 0 Å². The number of halogens is 3. The number of benzene rings is 4. The van der Waals surface area contributed by atoms with Gasteiger partial charge in [0.25, 0.3) is 0 Å². The Hall–Kier alpha value is -3.55. The lowest BCUT2D eigenvalue weighted by Crippen LogP contribution is -2.35. The molecule has 7 heteroatoms. The third kappa shape index (κ3) is 5.43. The molecule has 1 aliphatic rings. The lowest BCUT2D eigenvalue weighted by atomic mass is 9.88. The second-order valence-electron chi connectivity index (χ2n) is 9.43. The van der Waals surface area contributed by atoms with Crippen LogP contribution < -0.4 is 10.1 Å². The number of aliphatic hydroxyl groups excluding tert-OH is 1. The minimum absolute atomic E-state index is 0.0183. The number of ether oxygens (including phenoxy) is 1. The second-order valence-corrected chi connectivity index (χ2v) is 9.43. The monoisotopic (exact) mass is 507 g/mol. The highest BCUT2D eigenvalue weighted by molar-refractivity contribution is 5.93. The first kappa shape index (κ1) is 25.1. The largest absolute Gasteiger partial charge is 0.508 e. The summed E-state index contributed by atoms with van der Waals surface area (Å²) in [5, 5.41) is 25.9. The Balaban J connectivity index is 1.47. The van der Waals surface area contributed by atoms with Crippen LogP contribution in [0.15, 0.2) is 66.7 Å². The fourth-order valence-electron chi connectivity index (χ4n) is 5.06. The normalized spacial score (nSPS) is 16.6. The van der Waals surface area contributed by atoms with Gasteiger partial charge in [-0.1, -0.05) is 36.8 Å². The molecule has 4 nitrogen and oxygen atoms in total. The van der Waals surface area contributed by atoms with E-state index in [1.165, 1.54) is 31.0 Å². The molecule has 1 saturated heterocycles. The van der Waals surface area contributed by atoms with Crippen LogP contribution in [0.5, 0.6) is 11.5 Å². The molecule has 0 bridgehead atoms.